The highest BCUT2D eigenvalue weighted by atomic mass is 16.5. The molecule has 0 aromatic heterocycles. The zero-order chi connectivity index (χ0) is 12.6. The number of carbonyl (C=O) groups excluding carboxylic acids is 2. The summed E-state index contributed by atoms with van der Waals surface area (Å²) in [5.74, 6) is -0.749. The molecule has 4 heteroatoms. The monoisotopic (exact) mass is 235 g/mol. The van der Waals surface area contributed by atoms with Crippen molar-refractivity contribution >= 4 is 11.8 Å². The minimum atomic E-state index is -0.340. The number of esters is 1. The number of ether oxygens (including phenoxy) is 1. The van der Waals surface area contributed by atoms with Gasteiger partial charge in [-0.2, -0.15) is 5.26 Å². The molecule has 0 heterocycles. The molecular formula is C13H17NO3. The topological polar surface area (TPSA) is 67.2 Å². The van der Waals surface area contributed by atoms with Gasteiger partial charge in [0.2, 0.25) is 0 Å². The average Bonchev–Trinajstić information content (AvgIpc) is 2.50. The van der Waals surface area contributed by atoms with Gasteiger partial charge in [0.05, 0.1) is 17.9 Å². The molecule has 92 valence electrons. The van der Waals surface area contributed by atoms with Crippen molar-refractivity contribution in [2.45, 2.75) is 45.6 Å². The van der Waals surface area contributed by atoms with Gasteiger partial charge < -0.3 is 4.74 Å². The zero-order valence-corrected chi connectivity index (χ0v) is 10.2. The number of rotatable bonds is 1. The lowest BCUT2D eigenvalue weighted by atomic mass is 9.64. The van der Waals surface area contributed by atoms with Crippen molar-refractivity contribution in [2.24, 2.45) is 17.3 Å². The van der Waals surface area contributed by atoms with Crippen LogP contribution in [-0.4, -0.2) is 17.9 Å². The van der Waals surface area contributed by atoms with E-state index < -0.39 is 0 Å². The van der Waals surface area contributed by atoms with Crippen LogP contribution in [0.25, 0.3) is 0 Å². The Kier molecular flexibility index (Phi) is 2.94. The lowest BCUT2D eigenvalue weighted by Crippen LogP contribution is -2.43. The highest BCUT2D eigenvalue weighted by Gasteiger charge is 2.57. The standard InChI is InChI=1S/C13H17NO3/c1-8(15)17-11-4-3-5-13(2)9(7-14)6-10(16)12(11)13/h9,11-12H,3-6H2,1-2H3/t9-,11-,12-,13-/m1/s1. The second-order valence-corrected chi connectivity index (χ2v) is 5.38. The van der Waals surface area contributed by atoms with Gasteiger partial charge in [0.25, 0.3) is 0 Å². The molecule has 0 aromatic carbocycles. The maximum Gasteiger partial charge on any atom is 0.302 e. The fourth-order valence-electron chi connectivity index (χ4n) is 3.49. The number of Topliss-reactive ketones (excluding diaryl/α,β-unsaturated/α-hetero) is 1. The summed E-state index contributed by atoms with van der Waals surface area (Å²) in [4.78, 5) is 23.1. The van der Waals surface area contributed by atoms with Crippen LogP contribution in [0.4, 0.5) is 0 Å². The van der Waals surface area contributed by atoms with Crippen LogP contribution in [0.2, 0.25) is 0 Å². The van der Waals surface area contributed by atoms with E-state index in [1.54, 1.807) is 0 Å². The van der Waals surface area contributed by atoms with Crippen LogP contribution >= 0.6 is 0 Å². The molecule has 2 rings (SSSR count). The number of hydrogen-bond donors (Lipinski definition) is 0. The van der Waals surface area contributed by atoms with Gasteiger partial charge in [-0.25, -0.2) is 0 Å². The average molecular weight is 235 g/mol. The third-order valence-corrected chi connectivity index (χ3v) is 4.31. The Bertz CT molecular complexity index is 398. The minimum Gasteiger partial charge on any atom is -0.462 e. The van der Waals surface area contributed by atoms with E-state index in [1.807, 2.05) is 6.92 Å². The van der Waals surface area contributed by atoms with E-state index in [4.69, 9.17) is 10.00 Å². The Morgan fingerprint density at radius 3 is 2.88 bits per heavy atom. The van der Waals surface area contributed by atoms with Crippen molar-refractivity contribution < 1.29 is 14.3 Å². The van der Waals surface area contributed by atoms with Crippen LogP contribution in [0.1, 0.15) is 39.5 Å². The first-order chi connectivity index (χ1) is 7.99. The first-order valence-electron chi connectivity index (χ1n) is 6.08. The number of nitrogens with zero attached hydrogens (tertiary/aromatic N) is 1. The largest absolute Gasteiger partial charge is 0.462 e. The SMILES string of the molecule is CC(=O)O[C@@H]1CCC[C@@]2(C)[C@@H]1C(=O)C[C@@H]2C#N. The quantitative estimate of drug-likeness (QED) is 0.650. The summed E-state index contributed by atoms with van der Waals surface area (Å²) >= 11 is 0. The molecule has 2 saturated carbocycles. The first kappa shape index (κ1) is 12.1. The molecule has 0 radical (unpaired) electrons. The molecular weight excluding hydrogens is 218 g/mol. The van der Waals surface area contributed by atoms with Gasteiger partial charge in [0.15, 0.2) is 0 Å². The minimum absolute atomic E-state index is 0.0880. The van der Waals surface area contributed by atoms with Gasteiger partial charge in [-0.3, -0.25) is 9.59 Å². The summed E-state index contributed by atoms with van der Waals surface area (Å²) in [6.45, 7) is 3.36. The van der Waals surface area contributed by atoms with Crippen LogP contribution in [-0.2, 0) is 14.3 Å². The second kappa shape index (κ2) is 4.14. The van der Waals surface area contributed by atoms with Crippen LogP contribution in [0.5, 0.6) is 0 Å². The van der Waals surface area contributed by atoms with Crippen LogP contribution in [0.15, 0.2) is 0 Å². The Morgan fingerprint density at radius 1 is 1.59 bits per heavy atom. The molecule has 0 saturated heterocycles. The number of fused-ring (bicyclic) bond motifs is 1. The molecule has 0 amide bonds. The molecule has 0 N–H and O–H groups in total. The Morgan fingerprint density at radius 2 is 2.29 bits per heavy atom. The third kappa shape index (κ3) is 1.84. The van der Waals surface area contributed by atoms with Crippen molar-refractivity contribution in [2.75, 3.05) is 0 Å². The number of ketones is 1. The Labute approximate surface area is 101 Å². The number of nitriles is 1. The van der Waals surface area contributed by atoms with E-state index in [9.17, 15) is 9.59 Å². The maximum atomic E-state index is 12.0. The van der Waals surface area contributed by atoms with Crippen LogP contribution in [0, 0.1) is 28.6 Å². The van der Waals surface area contributed by atoms with Crippen molar-refractivity contribution in [1.29, 1.82) is 5.26 Å². The summed E-state index contributed by atoms with van der Waals surface area (Å²) in [5, 5.41) is 9.15. The highest BCUT2D eigenvalue weighted by Crippen LogP contribution is 2.54. The number of carbonyl (C=O) groups is 2. The molecule has 4 nitrogen and oxygen atoms in total. The third-order valence-electron chi connectivity index (χ3n) is 4.31. The molecule has 2 aliphatic carbocycles. The van der Waals surface area contributed by atoms with E-state index in [-0.39, 0.29) is 35.1 Å². The summed E-state index contributed by atoms with van der Waals surface area (Å²) < 4.78 is 5.26. The summed E-state index contributed by atoms with van der Waals surface area (Å²) in [6.07, 6.45) is 2.52. The fraction of sp³-hybridized carbons (Fsp3) is 0.769. The zero-order valence-electron chi connectivity index (χ0n) is 10.2. The van der Waals surface area contributed by atoms with Crippen LogP contribution in [0.3, 0.4) is 0 Å². The molecule has 0 unspecified atom stereocenters. The second-order valence-electron chi connectivity index (χ2n) is 5.38. The number of hydrogen-bond acceptors (Lipinski definition) is 4. The molecule has 0 spiro atoms. The molecule has 0 aromatic rings. The van der Waals surface area contributed by atoms with Crippen LogP contribution < -0.4 is 0 Å². The van der Waals surface area contributed by atoms with E-state index in [0.717, 1.165) is 19.3 Å². The van der Waals surface area contributed by atoms with Gasteiger partial charge in [-0.05, 0) is 24.7 Å². The van der Waals surface area contributed by atoms with Crippen molar-refractivity contribution in [1.82, 2.24) is 0 Å². The Hall–Kier alpha value is -1.37. The van der Waals surface area contributed by atoms with E-state index >= 15 is 0 Å². The highest BCUT2D eigenvalue weighted by molar-refractivity contribution is 5.86. The molecule has 2 fully saturated rings. The van der Waals surface area contributed by atoms with Gasteiger partial charge in [0, 0.05) is 13.3 Å². The summed E-state index contributed by atoms with van der Waals surface area (Å²) in [6, 6.07) is 2.25. The molecule has 0 aliphatic heterocycles. The molecule has 0 bridgehead atoms. The normalized spacial score (nSPS) is 40.5. The first-order valence-corrected chi connectivity index (χ1v) is 6.08. The van der Waals surface area contributed by atoms with Crippen molar-refractivity contribution in [3.8, 4) is 6.07 Å². The van der Waals surface area contributed by atoms with Gasteiger partial charge in [-0.15, -0.1) is 0 Å². The smallest absolute Gasteiger partial charge is 0.302 e. The van der Waals surface area contributed by atoms with Crippen molar-refractivity contribution in [3.63, 3.8) is 0 Å². The Balaban J connectivity index is 2.28. The maximum absolute atomic E-state index is 12.0. The van der Waals surface area contributed by atoms with E-state index in [2.05, 4.69) is 6.07 Å². The predicted octanol–water partition coefficient (Wildman–Crippen LogP) is 1.84. The summed E-state index contributed by atoms with van der Waals surface area (Å²) in [5.41, 5.74) is -0.301. The van der Waals surface area contributed by atoms with Gasteiger partial charge in [-0.1, -0.05) is 6.92 Å². The lowest BCUT2D eigenvalue weighted by molar-refractivity contribution is -0.156. The summed E-state index contributed by atoms with van der Waals surface area (Å²) in [7, 11) is 0. The lowest BCUT2D eigenvalue weighted by Gasteiger charge is -2.41. The predicted molar refractivity (Wildman–Crippen MR) is 59.7 cm³/mol. The van der Waals surface area contributed by atoms with Gasteiger partial charge in [0.1, 0.15) is 11.9 Å². The van der Waals surface area contributed by atoms with E-state index in [0.29, 0.717) is 6.42 Å². The molecule has 4 atom stereocenters. The van der Waals surface area contributed by atoms with Crippen molar-refractivity contribution in [3.05, 3.63) is 0 Å². The van der Waals surface area contributed by atoms with Gasteiger partial charge >= 0.3 is 5.97 Å². The molecule has 2 aliphatic rings. The fourth-order valence-corrected chi connectivity index (χ4v) is 3.49. The molecule has 17 heavy (non-hydrogen) atoms. The van der Waals surface area contributed by atoms with E-state index in [1.165, 1.54) is 6.92 Å².